The van der Waals surface area contributed by atoms with Crippen LogP contribution in [0.1, 0.15) is 239 Å². The molecule has 0 spiro atoms. The Bertz CT molecular complexity index is 905. The van der Waals surface area contributed by atoms with Crippen LogP contribution in [0.15, 0.2) is 24.3 Å². The molecule has 0 saturated heterocycles. The summed E-state index contributed by atoms with van der Waals surface area (Å²) >= 11 is 0. The van der Waals surface area contributed by atoms with E-state index in [1.54, 1.807) is 0 Å². The lowest BCUT2D eigenvalue weighted by atomic mass is 10.0. The highest BCUT2D eigenvalue weighted by Crippen LogP contribution is 2.17. The van der Waals surface area contributed by atoms with E-state index in [1.807, 2.05) is 0 Å². The molecule has 4 N–H and O–H groups in total. The van der Waals surface area contributed by atoms with Gasteiger partial charge in [-0.3, -0.25) is 9.59 Å². The van der Waals surface area contributed by atoms with Crippen molar-refractivity contribution in [1.82, 2.24) is 5.32 Å². The van der Waals surface area contributed by atoms with Crippen molar-refractivity contribution in [3.63, 3.8) is 0 Å². The number of amides is 1. The van der Waals surface area contributed by atoms with Crippen molar-refractivity contribution in [1.29, 1.82) is 0 Å². The predicted molar refractivity (Wildman–Crippen MR) is 230 cm³/mol. The quantitative estimate of drug-likeness (QED) is 0.0324. The molecule has 0 aliphatic carbocycles. The molecule has 0 aromatic rings. The number of rotatable bonds is 42. The average Bonchev–Trinajstić information content (AvgIpc) is 3.16. The van der Waals surface area contributed by atoms with E-state index < -0.39 is 12.0 Å². The minimum absolute atomic E-state index is 0.0586. The highest BCUT2D eigenvalue weighted by Gasteiger charge is 2.18. The minimum Gasteiger partial charge on any atom is -0.480 e. The number of carbonyl (C=O) groups excluding carboxylic acids is 2. The van der Waals surface area contributed by atoms with Gasteiger partial charge in [0, 0.05) is 12.8 Å². The average molecular weight is 761 g/mol. The third kappa shape index (κ3) is 38.1. The summed E-state index contributed by atoms with van der Waals surface area (Å²) < 4.78 is 5.97. The van der Waals surface area contributed by atoms with Gasteiger partial charge in [-0.15, -0.1) is 0 Å². The fourth-order valence-corrected chi connectivity index (χ4v) is 6.94. The van der Waals surface area contributed by atoms with Crippen LogP contribution in [0.5, 0.6) is 0 Å². The van der Waals surface area contributed by atoms with E-state index in [4.69, 9.17) is 10.5 Å². The Morgan fingerprint density at radius 1 is 0.537 bits per heavy atom. The summed E-state index contributed by atoms with van der Waals surface area (Å²) in [5.74, 6) is -1.26. The van der Waals surface area contributed by atoms with Gasteiger partial charge in [-0.05, 0) is 89.7 Å². The first kappa shape index (κ1) is 51.9. The Morgan fingerprint density at radius 3 is 1.44 bits per heavy atom. The molecule has 7 heteroatoms. The second kappa shape index (κ2) is 42.0. The van der Waals surface area contributed by atoms with Crippen LogP contribution < -0.4 is 11.1 Å². The monoisotopic (exact) mass is 761 g/mol. The van der Waals surface area contributed by atoms with E-state index in [0.29, 0.717) is 32.2 Å². The van der Waals surface area contributed by atoms with Gasteiger partial charge in [-0.25, -0.2) is 4.79 Å². The van der Waals surface area contributed by atoms with Crippen LogP contribution in [0.3, 0.4) is 0 Å². The number of hydrogen-bond acceptors (Lipinski definition) is 5. The van der Waals surface area contributed by atoms with Gasteiger partial charge >= 0.3 is 11.9 Å². The number of allylic oxidation sites excluding steroid dienone is 3. The second-order valence-corrected chi connectivity index (χ2v) is 15.8. The van der Waals surface area contributed by atoms with Crippen LogP contribution in [0.25, 0.3) is 0 Å². The number of nitrogens with one attached hydrogen (secondary N) is 1. The molecule has 316 valence electrons. The first-order valence-electron chi connectivity index (χ1n) is 23.2. The topological polar surface area (TPSA) is 119 Å². The zero-order valence-corrected chi connectivity index (χ0v) is 35.6. The smallest absolute Gasteiger partial charge is 0.326 e. The van der Waals surface area contributed by atoms with Crippen molar-refractivity contribution in [2.75, 3.05) is 6.54 Å². The summed E-state index contributed by atoms with van der Waals surface area (Å²) in [5.41, 5.74) is 5.48. The summed E-state index contributed by atoms with van der Waals surface area (Å²) in [7, 11) is 0. The van der Waals surface area contributed by atoms with Gasteiger partial charge in [-0.2, -0.15) is 0 Å². The van der Waals surface area contributed by atoms with E-state index in [2.05, 4.69) is 43.5 Å². The fraction of sp³-hybridized carbons (Fsp3) is 0.851. The molecule has 0 radical (unpaired) electrons. The fourth-order valence-electron chi connectivity index (χ4n) is 6.94. The maximum absolute atomic E-state index is 12.8. The molecule has 2 atom stereocenters. The Balaban J connectivity index is 4.15. The third-order valence-electron chi connectivity index (χ3n) is 10.5. The van der Waals surface area contributed by atoms with Crippen LogP contribution >= 0.6 is 0 Å². The van der Waals surface area contributed by atoms with Crippen molar-refractivity contribution >= 4 is 17.8 Å². The molecule has 0 bridgehead atoms. The minimum atomic E-state index is -1.00. The van der Waals surface area contributed by atoms with Crippen molar-refractivity contribution in [3.05, 3.63) is 24.3 Å². The maximum atomic E-state index is 12.8. The predicted octanol–water partition coefficient (Wildman–Crippen LogP) is 13.2. The van der Waals surface area contributed by atoms with Crippen LogP contribution in [-0.4, -0.2) is 41.6 Å². The first-order chi connectivity index (χ1) is 26.4. The number of nitrogens with two attached hydrogens (primary N) is 1. The van der Waals surface area contributed by atoms with Crippen molar-refractivity contribution in [2.24, 2.45) is 5.73 Å². The highest BCUT2D eigenvalue weighted by molar-refractivity contribution is 5.83. The maximum Gasteiger partial charge on any atom is 0.326 e. The van der Waals surface area contributed by atoms with Crippen molar-refractivity contribution in [3.8, 4) is 0 Å². The van der Waals surface area contributed by atoms with Crippen LogP contribution in [0, 0.1) is 0 Å². The zero-order chi connectivity index (χ0) is 39.6. The summed E-state index contributed by atoms with van der Waals surface area (Å²) in [6.45, 7) is 4.94. The zero-order valence-electron chi connectivity index (χ0n) is 35.6. The summed E-state index contributed by atoms with van der Waals surface area (Å²) in [6.07, 6.45) is 48.2. The van der Waals surface area contributed by atoms with E-state index in [-0.39, 0.29) is 18.0 Å². The number of carboxylic acids is 1. The molecule has 0 aromatic heterocycles. The van der Waals surface area contributed by atoms with Gasteiger partial charge in [0.15, 0.2) is 0 Å². The van der Waals surface area contributed by atoms with Crippen molar-refractivity contribution < 1.29 is 24.2 Å². The lowest BCUT2D eigenvalue weighted by Gasteiger charge is -2.15. The lowest BCUT2D eigenvalue weighted by Crippen LogP contribution is -2.40. The Kier molecular flexibility index (Phi) is 40.3. The van der Waals surface area contributed by atoms with E-state index in [9.17, 15) is 19.5 Å². The number of ether oxygens (including phenoxy) is 1. The second-order valence-electron chi connectivity index (χ2n) is 15.8. The molecule has 0 rings (SSSR count). The molecule has 7 nitrogen and oxygen atoms in total. The molecule has 0 aromatic carbocycles. The molecule has 54 heavy (non-hydrogen) atoms. The number of esters is 1. The van der Waals surface area contributed by atoms with Crippen LogP contribution in [0.4, 0.5) is 0 Å². The van der Waals surface area contributed by atoms with Gasteiger partial charge in [0.05, 0.1) is 0 Å². The number of hydrogen-bond donors (Lipinski definition) is 3. The van der Waals surface area contributed by atoms with Gasteiger partial charge in [0.25, 0.3) is 0 Å². The lowest BCUT2D eigenvalue weighted by molar-refractivity contribution is -0.147. The van der Waals surface area contributed by atoms with Gasteiger partial charge in [-0.1, -0.05) is 167 Å². The normalized spacial score (nSPS) is 12.8. The number of unbranched alkanes of at least 4 members (excludes halogenated alkanes) is 26. The van der Waals surface area contributed by atoms with Crippen molar-refractivity contribution in [2.45, 2.75) is 251 Å². The molecular weight excluding hydrogens is 673 g/mol. The van der Waals surface area contributed by atoms with Crippen LogP contribution in [0.2, 0.25) is 0 Å². The van der Waals surface area contributed by atoms with E-state index in [0.717, 1.165) is 64.2 Å². The molecule has 2 unspecified atom stereocenters. The SMILES string of the molecule is CCCCCCCC/C=C\CCCCCCCCCCCC(=O)OC(/C=C\CCCCCCCC)CCCCCCCCC(=O)NC(CCCN)C(=O)O. The molecule has 0 heterocycles. The number of aliphatic carboxylic acids is 1. The van der Waals surface area contributed by atoms with Gasteiger partial charge < -0.3 is 20.9 Å². The molecule has 0 saturated carbocycles. The van der Waals surface area contributed by atoms with E-state index >= 15 is 0 Å². The summed E-state index contributed by atoms with van der Waals surface area (Å²) in [4.78, 5) is 36.3. The molecule has 0 aliphatic rings. The Morgan fingerprint density at radius 2 is 0.963 bits per heavy atom. The largest absolute Gasteiger partial charge is 0.480 e. The molecule has 0 fully saturated rings. The third-order valence-corrected chi connectivity index (χ3v) is 10.5. The Labute approximate surface area is 333 Å². The molecule has 1 amide bonds. The Hall–Kier alpha value is -2.15. The standard InChI is InChI=1S/C47H88N2O5/c1-3-5-7-9-11-13-14-15-16-17-18-19-20-21-22-23-25-31-35-41-46(51)54-43(37-32-28-24-12-10-8-6-4-2)38-33-29-26-27-30-34-40-45(50)49-44(47(52)53)39-36-42-48/h15-16,32,37,43-44H,3-14,17-31,33-36,38-42,48H2,1-2H3,(H,49,50)(H,52,53)/b16-15-,37-32-. The number of carbonyl (C=O) groups is 3. The van der Waals surface area contributed by atoms with Crippen LogP contribution in [-0.2, 0) is 19.1 Å². The van der Waals surface area contributed by atoms with E-state index in [1.165, 1.54) is 135 Å². The number of carboxylic acid groups (broad SMARTS) is 1. The summed E-state index contributed by atoms with van der Waals surface area (Å²) in [6, 6.07) is -0.852. The summed E-state index contributed by atoms with van der Waals surface area (Å²) in [5, 5.41) is 11.9. The van der Waals surface area contributed by atoms with Gasteiger partial charge in [0.2, 0.25) is 5.91 Å². The highest BCUT2D eigenvalue weighted by atomic mass is 16.5. The molecular formula is C47H88N2O5. The molecule has 0 aliphatic heterocycles. The van der Waals surface area contributed by atoms with Gasteiger partial charge in [0.1, 0.15) is 12.1 Å². The first-order valence-corrected chi connectivity index (χ1v) is 23.2.